The van der Waals surface area contributed by atoms with E-state index >= 15 is 0 Å². The molecule has 1 aliphatic rings. The smallest absolute Gasteiger partial charge is 0.418 e. The van der Waals surface area contributed by atoms with Crippen molar-refractivity contribution < 1.29 is 17.9 Å². The van der Waals surface area contributed by atoms with E-state index in [-0.39, 0.29) is 22.8 Å². The lowest BCUT2D eigenvalue weighted by atomic mass is 9.72. The molecule has 0 spiro atoms. The van der Waals surface area contributed by atoms with Crippen molar-refractivity contribution in [3.63, 3.8) is 0 Å². The zero-order valence-electron chi connectivity index (χ0n) is 20.7. The van der Waals surface area contributed by atoms with Gasteiger partial charge < -0.3 is 9.30 Å². The number of alkyl halides is 3. The molecule has 0 unspecified atom stereocenters. The number of hydrogen-bond donors (Lipinski definition) is 0. The first kappa shape index (κ1) is 24.9. The third kappa shape index (κ3) is 4.56. The predicted octanol–water partition coefficient (Wildman–Crippen LogP) is 5.57. The summed E-state index contributed by atoms with van der Waals surface area (Å²) in [5.74, 6) is 1.27. The minimum atomic E-state index is -4.67. The second kappa shape index (κ2) is 9.57. The SMILES string of the molecule is C=C(OCCC)c1cc(C(F)(F)F)c2cn(-c3cccc([C@H](c4nncn4C)C4CCC4)c3)c(=O)n2c1. The van der Waals surface area contributed by atoms with E-state index in [1.807, 2.05) is 36.7 Å². The zero-order valence-corrected chi connectivity index (χ0v) is 20.7. The third-order valence-electron chi connectivity index (χ3n) is 7.03. The van der Waals surface area contributed by atoms with Gasteiger partial charge in [-0.05, 0) is 48.9 Å². The minimum Gasteiger partial charge on any atom is -0.494 e. The summed E-state index contributed by atoms with van der Waals surface area (Å²) in [7, 11) is 1.89. The minimum absolute atomic E-state index is 0.0229. The molecule has 7 nitrogen and oxygen atoms in total. The Morgan fingerprint density at radius 3 is 2.65 bits per heavy atom. The number of halogens is 3. The van der Waals surface area contributed by atoms with Crippen molar-refractivity contribution in [1.82, 2.24) is 23.7 Å². The van der Waals surface area contributed by atoms with Crippen molar-refractivity contribution >= 4 is 11.3 Å². The van der Waals surface area contributed by atoms with Gasteiger partial charge in [-0.15, -0.1) is 10.2 Å². The van der Waals surface area contributed by atoms with Crippen LogP contribution < -0.4 is 5.69 Å². The van der Waals surface area contributed by atoms with Gasteiger partial charge in [-0.1, -0.05) is 32.1 Å². The van der Waals surface area contributed by atoms with Gasteiger partial charge in [-0.3, -0.25) is 8.97 Å². The largest absolute Gasteiger partial charge is 0.494 e. The van der Waals surface area contributed by atoms with Crippen LogP contribution in [0.4, 0.5) is 13.2 Å². The third-order valence-corrected chi connectivity index (χ3v) is 7.03. The summed E-state index contributed by atoms with van der Waals surface area (Å²) < 4.78 is 51.7. The number of aryl methyl sites for hydroxylation is 1. The quantitative estimate of drug-likeness (QED) is 0.290. The molecule has 0 bridgehead atoms. The Morgan fingerprint density at radius 1 is 1.24 bits per heavy atom. The highest BCUT2D eigenvalue weighted by atomic mass is 19.4. The van der Waals surface area contributed by atoms with Gasteiger partial charge in [-0.2, -0.15) is 13.2 Å². The molecule has 4 aromatic rings. The zero-order chi connectivity index (χ0) is 26.3. The summed E-state index contributed by atoms with van der Waals surface area (Å²) >= 11 is 0. The normalized spacial score (nSPS) is 15.1. The Hall–Kier alpha value is -3.82. The van der Waals surface area contributed by atoms with Gasteiger partial charge in [0.2, 0.25) is 0 Å². The Morgan fingerprint density at radius 2 is 2.03 bits per heavy atom. The van der Waals surface area contributed by atoms with Crippen LogP contribution in [0.5, 0.6) is 0 Å². The van der Waals surface area contributed by atoms with E-state index in [0.29, 0.717) is 24.6 Å². The summed E-state index contributed by atoms with van der Waals surface area (Å²) in [6.07, 6.45) is 3.50. The maximum atomic E-state index is 14.0. The molecule has 0 amide bonds. The van der Waals surface area contributed by atoms with E-state index in [0.717, 1.165) is 41.1 Å². The lowest BCUT2D eigenvalue weighted by molar-refractivity contribution is -0.136. The molecule has 0 radical (unpaired) electrons. The van der Waals surface area contributed by atoms with Gasteiger partial charge in [0.05, 0.1) is 23.4 Å². The highest BCUT2D eigenvalue weighted by Gasteiger charge is 2.35. The van der Waals surface area contributed by atoms with Crippen LogP contribution in [0.3, 0.4) is 0 Å². The topological polar surface area (TPSA) is 66.3 Å². The summed E-state index contributed by atoms with van der Waals surface area (Å²) in [4.78, 5) is 13.4. The van der Waals surface area contributed by atoms with Crippen LogP contribution in [0.1, 0.15) is 61.0 Å². The average molecular weight is 512 g/mol. The molecule has 194 valence electrons. The monoisotopic (exact) mass is 511 g/mol. The fourth-order valence-corrected chi connectivity index (χ4v) is 4.91. The maximum Gasteiger partial charge on any atom is 0.418 e. The Balaban J connectivity index is 1.63. The molecular formula is C27H28F3N5O2. The number of imidazole rings is 1. The summed E-state index contributed by atoms with van der Waals surface area (Å²) in [6, 6.07) is 8.34. The van der Waals surface area contributed by atoms with E-state index in [1.165, 1.54) is 17.0 Å². The molecule has 10 heteroatoms. The van der Waals surface area contributed by atoms with Crippen LogP contribution in [0.25, 0.3) is 17.0 Å². The number of benzene rings is 1. The highest BCUT2D eigenvalue weighted by Crippen LogP contribution is 2.43. The van der Waals surface area contributed by atoms with E-state index in [4.69, 9.17) is 4.74 Å². The molecule has 0 aliphatic heterocycles. The predicted molar refractivity (Wildman–Crippen MR) is 133 cm³/mol. The maximum absolute atomic E-state index is 14.0. The standard InChI is InChI=1S/C27H28F3N5O2/c1-4-11-37-17(2)20-13-22(27(28,29)30)23-15-34(26(36)35(23)14-20)21-10-6-9-19(12-21)24(18-7-5-8-18)25-32-31-16-33(25)3/h6,9-10,12-16,18,24H,2,4-5,7-8,11H2,1,3H3/t24-/m1/s1. The van der Waals surface area contributed by atoms with Crippen molar-refractivity contribution in [3.8, 4) is 5.69 Å². The van der Waals surface area contributed by atoms with E-state index in [1.54, 1.807) is 12.4 Å². The van der Waals surface area contributed by atoms with Gasteiger partial charge in [0, 0.05) is 30.9 Å². The molecule has 0 N–H and O–H groups in total. The fraction of sp³-hybridized carbons (Fsp3) is 0.370. The summed E-state index contributed by atoms with van der Waals surface area (Å²) in [6.45, 7) is 5.95. The number of fused-ring (bicyclic) bond motifs is 1. The number of aromatic nitrogens is 5. The second-order valence-electron chi connectivity index (χ2n) is 9.51. The Bertz CT molecular complexity index is 1510. The van der Waals surface area contributed by atoms with Crippen LogP contribution in [0.2, 0.25) is 0 Å². The molecule has 5 rings (SSSR count). The molecule has 37 heavy (non-hydrogen) atoms. The lowest BCUT2D eigenvalue weighted by Gasteiger charge is -2.33. The Labute approximate surface area is 211 Å². The average Bonchev–Trinajstić information content (AvgIpc) is 3.41. The lowest BCUT2D eigenvalue weighted by Crippen LogP contribution is -2.24. The number of rotatable bonds is 8. The first-order chi connectivity index (χ1) is 17.7. The number of nitrogens with zero attached hydrogens (tertiary/aromatic N) is 5. The first-order valence-electron chi connectivity index (χ1n) is 12.3. The van der Waals surface area contributed by atoms with Crippen LogP contribution in [-0.4, -0.2) is 30.3 Å². The molecule has 1 atom stereocenters. The molecular weight excluding hydrogens is 483 g/mol. The highest BCUT2D eigenvalue weighted by molar-refractivity contribution is 5.65. The van der Waals surface area contributed by atoms with Crippen LogP contribution in [0, 0.1) is 5.92 Å². The molecule has 3 aromatic heterocycles. The van der Waals surface area contributed by atoms with Crippen LogP contribution in [0.15, 0.2) is 60.4 Å². The van der Waals surface area contributed by atoms with Crippen molar-refractivity contribution in [2.75, 3.05) is 6.61 Å². The van der Waals surface area contributed by atoms with Gasteiger partial charge in [0.1, 0.15) is 17.9 Å². The van der Waals surface area contributed by atoms with Gasteiger partial charge >= 0.3 is 11.9 Å². The number of ether oxygens (including phenoxy) is 1. The van der Waals surface area contributed by atoms with Gasteiger partial charge in [0.25, 0.3) is 0 Å². The second-order valence-corrected chi connectivity index (χ2v) is 9.51. The molecule has 0 saturated heterocycles. The van der Waals surface area contributed by atoms with Crippen molar-refractivity contribution in [3.05, 3.63) is 88.6 Å². The van der Waals surface area contributed by atoms with Crippen LogP contribution >= 0.6 is 0 Å². The molecule has 1 fully saturated rings. The summed E-state index contributed by atoms with van der Waals surface area (Å²) in [5, 5.41) is 8.37. The Kier molecular flexibility index (Phi) is 6.43. The van der Waals surface area contributed by atoms with E-state index < -0.39 is 17.4 Å². The molecule has 1 aliphatic carbocycles. The van der Waals surface area contributed by atoms with E-state index in [9.17, 15) is 18.0 Å². The van der Waals surface area contributed by atoms with Crippen molar-refractivity contribution in [1.29, 1.82) is 0 Å². The van der Waals surface area contributed by atoms with Crippen molar-refractivity contribution in [2.45, 2.75) is 44.7 Å². The molecule has 3 heterocycles. The van der Waals surface area contributed by atoms with E-state index in [2.05, 4.69) is 16.8 Å². The van der Waals surface area contributed by atoms with Gasteiger partial charge in [-0.25, -0.2) is 4.79 Å². The number of pyridine rings is 1. The first-order valence-corrected chi connectivity index (χ1v) is 12.3. The van der Waals surface area contributed by atoms with Gasteiger partial charge in [0.15, 0.2) is 0 Å². The van der Waals surface area contributed by atoms with Crippen LogP contribution in [-0.2, 0) is 18.0 Å². The molecule has 1 aromatic carbocycles. The fourth-order valence-electron chi connectivity index (χ4n) is 4.91. The number of hydrogen-bond acceptors (Lipinski definition) is 4. The molecule has 1 saturated carbocycles. The van der Waals surface area contributed by atoms with Crippen molar-refractivity contribution in [2.24, 2.45) is 13.0 Å². The summed E-state index contributed by atoms with van der Waals surface area (Å²) in [5.41, 5.74) is -0.244.